The van der Waals surface area contributed by atoms with Crippen molar-refractivity contribution in [2.24, 2.45) is 0 Å². The van der Waals surface area contributed by atoms with Crippen LogP contribution < -0.4 is 4.90 Å². The normalized spacial score (nSPS) is 16.6. The first-order chi connectivity index (χ1) is 9.15. The van der Waals surface area contributed by atoms with Crippen molar-refractivity contribution in [3.63, 3.8) is 0 Å². The van der Waals surface area contributed by atoms with Crippen molar-refractivity contribution in [3.8, 4) is 0 Å². The van der Waals surface area contributed by atoms with Crippen LogP contribution in [0.4, 0.5) is 5.82 Å². The molecule has 0 aliphatic carbocycles. The molecule has 0 spiro atoms. The minimum Gasteiger partial charge on any atom is -0.481 e. The van der Waals surface area contributed by atoms with Gasteiger partial charge in [-0.1, -0.05) is 0 Å². The first-order valence-electron chi connectivity index (χ1n) is 6.52. The Hall–Kier alpha value is -1.69. The van der Waals surface area contributed by atoms with Gasteiger partial charge in [0.1, 0.15) is 12.1 Å². The van der Waals surface area contributed by atoms with Crippen molar-refractivity contribution in [3.05, 3.63) is 18.1 Å². The number of aliphatic carboxylic acids is 1. The van der Waals surface area contributed by atoms with Crippen LogP contribution in [0.5, 0.6) is 0 Å². The van der Waals surface area contributed by atoms with E-state index in [2.05, 4.69) is 14.9 Å². The lowest BCUT2D eigenvalue weighted by Crippen LogP contribution is -2.37. The molecule has 1 aliphatic heterocycles. The van der Waals surface area contributed by atoms with Crippen molar-refractivity contribution in [1.82, 2.24) is 9.97 Å². The van der Waals surface area contributed by atoms with Gasteiger partial charge >= 0.3 is 5.97 Å². The maximum absolute atomic E-state index is 10.4. The maximum Gasteiger partial charge on any atom is 0.305 e. The molecule has 1 aliphatic rings. The van der Waals surface area contributed by atoms with Crippen molar-refractivity contribution < 1.29 is 14.6 Å². The van der Waals surface area contributed by atoms with E-state index in [4.69, 9.17) is 9.84 Å². The second kappa shape index (κ2) is 6.47. The molecular weight excluding hydrogens is 246 g/mol. The zero-order valence-corrected chi connectivity index (χ0v) is 11.1. The van der Waals surface area contributed by atoms with E-state index >= 15 is 0 Å². The Balaban J connectivity index is 1.77. The molecule has 0 saturated carbocycles. The summed E-state index contributed by atoms with van der Waals surface area (Å²) in [5, 5.41) is 8.56. The smallest absolute Gasteiger partial charge is 0.305 e. The molecule has 0 unspecified atom stereocenters. The molecule has 6 heteroatoms. The Morgan fingerprint density at radius 2 is 2.21 bits per heavy atom. The SMILES string of the molecule is Cc1cc(N2CCC(OCCC(=O)O)CC2)ncn1. The van der Waals surface area contributed by atoms with Crippen LogP contribution in [0, 0.1) is 6.92 Å². The van der Waals surface area contributed by atoms with E-state index < -0.39 is 5.97 Å². The molecule has 1 N–H and O–H groups in total. The Bertz CT molecular complexity index is 431. The van der Waals surface area contributed by atoms with Gasteiger partial charge in [-0.15, -0.1) is 0 Å². The summed E-state index contributed by atoms with van der Waals surface area (Å²) in [5.74, 6) is 0.144. The molecule has 1 aromatic rings. The molecule has 1 saturated heterocycles. The van der Waals surface area contributed by atoms with Gasteiger partial charge in [0.2, 0.25) is 0 Å². The summed E-state index contributed by atoms with van der Waals surface area (Å²) in [6, 6.07) is 1.98. The highest BCUT2D eigenvalue weighted by Crippen LogP contribution is 2.19. The monoisotopic (exact) mass is 265 g/mol. The summed E-state index contributed by atoms with van der Waals surface area (Å²) in [4.78, 5) is 21.0. The molecule has 1 fully saturated rings. The van der Waals surface area contributed by atoms with Gasteiger partial charge in [-0.05, 0) is 19.8 Å². The second-order valence-electron chi connectivity index (χ2n) is 4.72. The average Bonchev–Trinajstić information content (AvgIpc) is 2.39. The molecule has 6 nitrogen and oxygen atoms in total. The van der Waals surface area contributed by atoms with Crippen molar-refractivity contribution in [2.45, 2.75) is 32.3 Å². The van der Waals surface area contributed by atoms with E-state index in [9.17, 15) is 4.79 Å². The van der Waals surface area contributed by atoms with Crippen molar-refractivity contribution in [2.75, 3.05) is 24.6 Å². The molecular formula is C13H19N3O3. The fourth-order valence-corrected chi connectivity index (χ4v) is 2.18. The number of hydrogen-bond acceptors (Lipinski definition) is 5. The van der Waals surface area contributed by atoms with E-state index in [1.54, 1.807) is 6.33 Å². The third kappa shape index (κ3) is 4.17. The number of carboxylic acids is 1. The van der Waals surface area contributed by atoms with Gasteiger partial charge in [0.15, 0.2) is 0 Å². The van der Waals surface area contributed by atoms with E-state index in [0.717, 1.165) is 37.4 Å². The molecule has 19 heavy (non-hydrogen) atoms. The van der Waals surface area contributed by atoms with Crippen LogP contribution in [-0.4, -0.2) is 46.8 Å². The summed E-state index contributed by atoms with van der Waals surface area (Å²) >= 11 is 0. The van der Waals surface area contributed by atoms with Crippen LogP contribution in [0.1, 0.15) is 25.0 Å². The number of nitrogens with zero attached hydrogens (tertiary/aromatic N) is 3. The molecule has 2 heterocycles. The van der Waals surface area contributed by atoms with Gasteiger partial charge in [0.05, 0.1) is 19.1 Å². The number of rotatable bonds is 5. The first-order valence-corrected chi connectivity index (χ1v) is 6.52. The molecule has 1 aromatic heterocycles. The number of aryl methyl sites for hydroxylation is 1. The number of hydrogen-bond donors (Lipinski definition) is 1. The Kier molecular flexibility index (Phi) is 4.68. The minimum absolute atomic E-state index is 0.0747. The van der Waals surface area contributed by atoms with Crippen LogP contribution in [0.25, 0.3) is 0 Å². The zero-order valence-electron chi connectivity index (χ0n) is 11.1. The van der Waals surface area contributed by atoms with Gasteiger partial charge in [-0.2, -0.15) is 0 Å². The Labute approximate surface area is 112 Å². The predicted octanol–water partition coefficient (Wildman–Crippen LogP) is 1.25. The highest BCUT2D eigenvalue weighted by molar-refractivity contribution is 5.66. The van der Waals surface area contributed by atoms with Crippen LogP contribution >= 0.6 is 0 Å². The number of piperidine rings is 1. The van der Waals surface area contributed by atoms with Gasteiger partial charge in [0.25, 0.3) is 0 Å². The maximum atomic E-state index is 10.4. The fourth-order valence-electron chi connectivity index (χ4n) is 2.18. The van der Waals surface area contributed by atoms with E-state index in [0.29, 0.717) is 6.61 Å². The lowest BCUT2D eigenvalue weighted by Gasteiger charge is -2.32. The molecule has 2 rings (SSSR count). The lowest BCUT2D eigenvalue weighted by atomic mass is 10.1. The third-order valence-corrected chi connectivity index (χ3v) is 3.22. The van der Waals surface area contributed by atoms with Crippen LogP contribution in [0.2, 0.25) is 0 Å². The van der Waals surface area contributed by atoms with Gasteiger partial charge in [-0.25, -0.2) is 9.97 Å². The molecule has 0 atom stereocenters. The molecule has 0 amide bonds. The van der Waals surface area contributed by atoms with E-state index in [1.165, 1.54) is 0 Å². The van der Waals surface area contributed by atoms with Crippen LogP contribution in [0.3, 0.4) is 0 Å². The van der Waals surface area contributed by atoms with Crippen molar-refractivity contribution >= 4 is 11.8 Å². The van der Waals surface area contributed by atoms with Gasteiger partial charge in [-0.3, -0.25) is 4.79 Å². The molecule has 0 bridgehead atoms. The highest BCUT2D eigenvalue weighted by atomic mass is 16.5. The van der Waals surface area contributed by atoms with E-state index in [1.807, 2.05) is 13.0 Å². The average molecular weight is 265 g/mol. The highest BCUT2D eigenvalue weighted by Gasteiger charge is 2.20. The number of carbonyl (C=O) groups is 1. The summed E-state index contributed by atoms with van der Waals surface area (Å²) in [5.41, 5.74) is 0.963. The van der Waals surface area contributed by atoms with Crippen molar-refractivity contribution in [1.29, 1.82) is 0 Å². The minimum atomic E-state index is -0.811. The van der Waals surface area contributed by atoms with Gasteiger partial charge in [0, 0.05) is 24.8 Å². The summed E-state index contributed by atoms with van der Waals surface area (Å²) < 4.78 is 5.56. The number of carboxylic acid groups (broad SMARTS) is 1. The summed E-state index contributed by atoms with van der Waals surface area (Å²) in [6.07, 6.45) is 3.63. The fraction of sp³-hybridized carbons (Fsp3) is 0.615. The molecule has 104 valence electrons. The third-order valence-electron chi connectivity index (χ3n) is 3.22. The van der Waals surface area contributed by atoms with Crippen LogP contribution in [0.15, 0.2) is 12.4 Å². The van der Waals surface area contributed by atoms with Gasteiger partial charge < -0.3 is 14.7 Å². The first kappa shape index (κ1) is 13.7. The quantitative estimate of drug-likeness (QED) is 0.863. The zero-order chi connectivity index (χ0) is 13.7. The van der Waals surface area contributed by atoms with Crippen LogP contribution in [-0.2, 0) is 9.53 Å². The molecule has 0 aromatic carbocycles. The summed E-state index contributed by atoms with van der Waals surface area (Å²) in [7, 11) is 0. The number of anilines is 1. The number of ether oxygens (including phenoxy) is 1. The standard InChI is InChI=1S/C13H19N3O3/c1-10-8-12(15-9-14-10)16-5-2-11(3-6-16)19-7-4-13(17)18/h8-9,11H,2-7H2,1H3,(H,17,18). The Morgan fingerprint density at radius 3 is 2.84 bits per heavy atom. The molecule has 0 radical (unpaired) electrons. The van der Waals surface area contributed by atoms with E-state index in [-0.39, 0.29) is 12.5 Å². The largest absolute Gasteiger partial charge is 0.481 e. The predicted molar refractivity (Wildman–Crippen MR) is 70.2 cm³/mol. The summed E-state index contributed by atoms with van der Waals surface area (Å²) in [6.45, 7) is 4.02. The Morgan fingerprint density at radius 1 is 1.47 bits per heavy atom. The lowest BCUT2D eigenvalue weighted by molar-refractivity contribution is -0.138. The number of aromatic nitrogens is 2. The topological polar surface area (TPSA) is 75.5 Å². The second-order valence-corrected chi connectivity index (χ2v) is 4.72.